The van der Waals surface area contributed by atoms with Gasteiger partial charge in [-0.2, -0.15) is 119 Å². The van der Waals surface area contributed by atoms with Gasteiger partial charge in [0.05, 0.1) is 19.6 Å². The van der Waals surface area contributed by atoms with E-state index in [1.165, 1.54) is 9.47 Å². The van der Waals surface area contributed by atoms with Crippen LogP contribution in [-0.4, -0.2) is 123 Å². The quantitative estimate of drug-likeness (QED) is 0.0451. The van der Waals surface area contributed by atoms with Crippen LogP contribution in [-0.2, 0) is 57.6 Å². The van der Waals surface area contributed by atoms with Crippen molar-refractivity contribution in [2.75, 3.05) is 13.2 Å². The Bertz CT molecular complexity index is 2470. The summed E-state index contributed by atoms with van der Waals surface area (Å²) in [4.78, 5) is 62.2. The third-order valence-corrected chi connectivity index (χ3v) is 8.55. The van der Waals surface area contributed by atoms with Crippen molar-refractivity contribution < 1.29 is 161 Å². The number of hydrogen-bond acceptors (Lipinski definition) is 11. The second kappa shape index (κ2) is 20.5. The summed E-state index contributed by atoms with van der Waals surface area (Å²) in [6.45, 7) is -0.902. The Morgan fingerprint density at radius 2 is 0.784 bits per heavy atom. The molecule has 0 saturated heterocycles. The summed E-state index contributed by atoms with van der Waals surface area (Å²) in [7, 11) is 0. The van der Waals surface area contributed by atoms with Crippen molar-refractivity contribution in [3.63, 3.8) is 0 Å². The van der Waals surface area contributed by atoms with Gasteiger partial charge in [0.2, 0.25) is 0 Å². The van der Waals surface area contributed by atoms with E-state index < -0.39 is 178 Å². The van der Waals surface area contributed by atoms with Crippen LogP contribution < -0.4 is 17.1 Å². The molecule has 5 unspecified atom stereocenters. The number of halogens is 28. The van der Waals surface area contributed by atoms with Crippen molar-refractivity contribution in [2.24, 2.45) is 0 Å². The number of nitrogens with zero attached hydrogens (tertiary/aromatic N) is 3. The molecule has 74 heavy (non-hydrogen) atoms. The lowest BCUT2D eigenvalue weighted by molar-refractivity contribution is -0.590. The SMILES string of the molecule is C=CC(=O)OCCn1c(=O)n(CCOC(=O)C(=C)C)c(=O)n(CC(=C)C(F)(OC(F)(F)C(F)(OC(F)(F)C(F)(OC(F)(F)C(F)(OC(F)(F)C(C)(F)C(F)(F)F)C(F)(F)F)C(F)(F)F)C(F)(F)F)C(F)(F)F)c1=O. The van der Waals surface area contributed by atoms with Crippen LogP contribution >= 0.6 is 0 Å². The first-order valence-corrected chi connectivity index (χ1v) is 17.7. The van der Waals surface area contributed by atoms with Crippen LogP contribution in [0, 0.1) is 0 Å². The predicted molar refractivity (Wildman–Crippen MR) is 175 cm³/mol. The molecule has 0 aliphatic carbocycles. The Morgan fingerprint density at radius 3 is 1.08 bits per heavy atom. The van der Waals surface area contributed by atoms with Gasteiger partial charge in [-0.05, 0) is 13.8 Å². The maximum Gasteiger partial charge on any atom is 0.458 e. The lowest BCUT2D eigenvalue weighted by atomic mass is 10.1. The van der Waals surface area contributed by atoms with Gasteiger partial charge in [0.15, 0.2) is 0 Å². The molecule has 14 nitrogen and oxygen atoms in total. The van der Waals surface area contributed by atoms with Crippen LogP contribution in [0.15, 0.2) is 51.3 Å². The highest BCUT2D eigenvalue weighted by molar-refractivity contribution is 5.86. The zero-order valence-corrected chi connectivity index (χ0v) is 35.1. The largest absolute Gasteiger partial charge is 0.461 e. The van der Waals surface area contributed by atoms with Gasteiger partial charge in [0.25, 0.3) is 5.67 Å². The van der Waals surface area contributed by atoms with E-state index in [1.807, 2.05) is 11.3 Å². The first-order valence-electron chi connectivity index (χ1n) is 17.7. The summed E-state index contributed by atoms with van der Waals surface area (Å²) in [6.07, 6.45) is -76.3. The van der Waals surface area contributed by atoms with Crippen LogP contribution in [0.5, 0.6) is 0 Å². The molecule has 0 amide bonds. The Balaban J connectivity index is 4.22. The van der Waals surface area contributed by atoms with E-state index in [2.05, 4.69) is 22.6 Å². The standard InChI is InChI=1S/C32H23F28N3O11/c1-6-14(64)69-9-7-61-16(66)62(8-10-70-15(65)12(2)3)18(68)63(17(61)67)11-13(4)20(34,25(41,42)43)71-30(55,56)21(35,26(44,45)46)73-32(59,60)23(37,28(50,51)52)74-31(57,58)22(36,27(47,48)49)72-29(53,54)19(5,33)24(38,39)40/h6H,1-2,4,7-11H2,3,5H3. The summed E-state index contributed by atoms with van der Waals surface area (Å²) < 4.78 is 407. The first-order chi connectivity index (χ1) is 32.4. The fourth-order valence-electron chi connectivity index (χ4n) is 4.48. The Labute approximate surface area is 386 Å². The second-order valence-electron chi connectivity index (χ2n) is 14.0. The Hall–Kier alpha value is -5.55. The van der Waals surface area contributed by atoms with Crippen molar-refractivity contribution in [1.29, 1.82) is 0 Å². The summed E-state index contributed by atoms with van der Waals surface area (Å²) in [5, 5.41) is 0. The van der Waals surface area contributed by atoms with Gasteiger partial charge in [-0.15, -0.1) is 0 Å². The summed E-state index contributed by atoms with van der Waals surface area (Å²) in [5.74, 6) is -37.3. The molecule has 0 N–H and O–H groups in total. The Morgan fingerprint density at radius 1 is 0.473 bits per heavy atom. The van der Waals surface area contributed by atoms with E-state index in [0.717, 1.165) is 11.7 Å². The van der Waals surface area contributed by atoms with E-state index in [-0.39, 0.29) is 0 Å². The molecule has 0 radical (unpaired) electrons. The van der Waals surface area contributed by atoms with Gasteiger partial charge in [-0.3, -0.25) is 18.9 Å². The monoisotopic (exact) mass is 1160 g/mol. The molecule has 1 rings (SSSR count). The third kappa shape index (κ3) is 12.4. The van der Waals surface area contributed by atoms with Gasteiger partial charge >= 0.3 is 108 Å². The van der Waals surface area contributed by atoms with Crippen LogP contribution in [0.3, 0.4) is 0 Å². The fourth-order valence-corrected chi connectivity index (χ4v) is 4.48. The maximum absolute atomic E-state index is 15.8. The predicted octanol–water partition coefficient (Wildman–Crippen LogP) is 8.22. The lowest BCUT2D eigenvalue weighted by Crippen LogP contribution is -2.72. The molecular weight excluding hydrogens is 1130 g/mol. The molecule has 0 saturated carbocycles. The highest BCUT2D eigenvalue weighted by Crippen LogP contribution is 2.61. The summed E-state index contributed by atoms with van der Waals surface area (Å²) >= 11 is 0. The molecule has 0 aromatic carbocycles. The van der Waals surface area contributed by atoms with Crippen LogP contribution in [0.1, 0.15) is 13.8 Å². The highest BCUT2D eigenvalue weighted by atomic mass is 19.4. The number of carbonyl (C=O) groups is 2. The van der Waals surface area contributed by atoms with Crippen molar-refractivity contribution in [3.05, 3.63) is 68.4 Å². The third-order valence-electron chi connectivity index (χ3n) is 8.55. The van der Waals surface area contributed by atoms with E-state index >= 15 is 22.0 Å². The van der Waals surface area contributed by atoms with Crippen molar-refractivity contribution in [1.82, 2.24) is 13.7 Å². The van der Waals surface area contributed by atoms with E-state index in [0.29, 0.717) is 6.08 Å². The first kappa shape index (κ1) is 66.5. The number of carbonyl (C=O) groups excluding carboxylic acids is 2. The molecule has 1 aromatic heterocycles. The van der Waals surface area contributed by atoms with Gasteiger partial charge < -0.3 is 9.47 Å². The number of ether oxygens (including phenoxy) is 6. The van der Waals surface area contributed by atoms with Gasteiger partial charge in [-0.1, -0.05) is 19.7 Å². The topological polar surface area (TPSA) is 156 Å². The van der Waals surface area contributed by atoms with Crippen LogP contribution in [0.4, 0.5) is 123 Å². The fraction of sp³-hybridized carbons (Fsp3) is 0.656. The van der Waals surface area contributed by atoms with Crippen LogP contribution in [0.2, 0.25) is 0 Å². The minimum Gasteiger partial charge on any atom is -0.461 e. The minimum atomic E-state index is -9.29. The van der Waals surface area contributed by atoms with E-state index in [9.17, 15) is 125 Å². The molecule has 1 aromatic rings. The van der Waals surface area contributed by atoms with E-state index in [4.69, 9.17) is 0 Å². The van der Waals surface area contributed by atoms with Crippen LogP contribution in [0.25, 0.3) is 0 Å². The number of hydrogen-bond donors (Lipinski definition) is 0. The normalized spacial score (nSPS) is 18.0. The highest BCUT2D eigenvalue weighted by Gasteiger charge is 2.89. The molecule has 0 bridgehead atoms. The smallest absolute Gasteiger partial charge is 0.458 e. The molecule has 0 fully saturated rings. The average molecular weight is 1160 g/mol. The van der Waals surface area contributed by atoms with Crippen molar-refractivity contribution >= 4 is 11.9 Å². The average Bonchev–Trinajstić information content (AvgIpc) is 3.18. The molecule has 42 heteroatoms. The Kier molecular flexibility index (Phi) is 18.4. The molecule has 428 valence electrons. The van der Waals surface area contributed by atoms with Gasteiger partial charge in [-0.25, -0.2) is 42.1 Å². The second-order valence-corrected chi connectivity index (χ2v) is 14.0. The molecule has 0 spiro atoms. The van der Waals surface area contributed by atoms with E-state index in [1.54, 1.807) is 0 Å². The summed E-state index contributed by atoms with van der Waals surface area (Å²) in [5.41, 5.74) is -17.6. The summed E-state index contributed by atoms with van der Waals surface area (Å²) in [6, 6.07) is 0. The van der Waals surface area contributed by atoms with Crippen molar-refractivity contribution in [3.8, 4) is 0 Å². The molecule has 5 atom stereocenters. The maximum atomic E-state index is 15.8. The number of alkyl halides is 28. The lowest BCUT2D eigenvalue weighted by Gasteiger charge is -2.44. The molecule has 1 heterocycles. The minimum absolute atomic E-state index is 0.400. The van der Waals surface area contributed by atoms with Gasteiger partial charge in [0, 0.05) is 17.2 Å². The molecular formula is C32H23F28N3O11. The molecule has 0 aliphatic rings. The number of aromatic nitrogens is 3. The number of rotatable bonds is 23. The van der Waals surface area contributed by atoms with Gasteiger partial charge in [0.1, 0.15) is 13.2 Å². The number of esters is 2. The molecule has 0 aliphatic heterocycles. The van der Waals surface area contributed by atoms with Crippen molar-refractivity contribution in [2.45, 2.75) is 118 Å². The zero-order valence-electron chi connectivity index (χ0n) is 35.1. The zero-order chi connectivity index (χ0) is 59.3.